The van der Waals surface area contributed by atoms with Crippen molar-refractivity contribution in [3.05, 3.63) is 29.6 Å². The third-order valence-corrected chi connectivity index (χ3v) is 2.52. The Bertz CT molecular complexity index is 444. The van der Waals surface area contributed by atoms with E-state index in [4.69, 9.17) is 9.84 Å². The van der Waals surface area contributed by atoms with Crippen molar-refractivity contribution < 1.29 is 14.2 Å². The van der Waals surface area contributed by atoms with E-state index in [-0.39, 0.29) is 29.7 Å². The third kappa shape index (κ3) is 8.05. The van der Waals surface area contributed by atoms with Crippen LogP contribution in [-0.2, 0) is 11.3 Å². The first kappa shape index (κ1) is 19.9. The average molecular weight is 411 g/mol. The number of hydrogen-bond acceptors (Lipinski definition) is 3. The second kappa shape index (κ2) is 11.6. The Balaban J connectivity index is 0.00000400. The molecule has 1 rings (SSSR count). The zero-order valence-electron chi connectivity index (χ0n) is 12.4. The number of nitrogens with zero attached hydrogens (tertiary/aromatic N) is 1. The number of benzene rings is 1. The number of nitrogens with one attached hydrogen (secondary N) is 2. The number of guanidine groups is 1. The van der Waals surface area contributed by atoms with Crippen molar-refractivity contribution in [2.45, 2.75) is 20.4 Å². The first-order valence-electron chi connectivity index (χ1n) is 6.74. The van der Waals surface area contributed by atoms with Gasteiger partial charge < -0.3 is 20.5 Å². The third-order valence-electron chi connectivity index (χ3n) is 2.52. The van der Waals surface area contributed by atoms with E-state index in [0.29, 0.717) is 37.8 Å². The molecule has 21 heavy (non-hydrogen) atoms. The minimum atomic E-state index is -0.632. The van der Waals surface area contributed by atoms with Crippen LogP contribution in [0.3, 0.4) is 0 Å². The fraction of sp³-hybridized carbons (Fsp3) is 0.500. The van der Waals surface area contributed by atoms with Crippen molar-refractivity contribution in [2.75, 3.05) is 26.3 Å². The molecule has 0 aliphatic heterocycles. The Morgan fingerprint density at radius 2 is 2.10 bits per heavy atom. The van der Waals surface area contributed by atoms with Gasteiger partial charge in [-0.2, -0.15) is 0 Å². The number of phenols is 1. The fourth-order valence-corrected chi connectivity index (χ4v) is 1.55. The molecule has 0 radical (unpaired) electrons. The van der Waals surface area contributed by atoms with Crippen LogP contribution in [0.2, 0.25) is 0 Å². The predicted octanol–water partition coefficient (Wildman–Crippen LogP) is 2.24. The number of aromatic hydroxyl groups is 1. The van der Waals surface area contributed by atoms with E-state index in [0.717, 1.165) is 6.54 Å². The highest BCUT2D eigenvalue weighted by molar-refractivity contribution is 14.0. The monoisotopic (exact) mass is 411 g/mol. The van der Waals surface area contributed by atoms with Gasteiger partial charge in [-0.1, -0.05) is 6.07 Å². The lowest BCUT2D eigenvalue weighted by molar-refractivity contribution is 0.152. The zero-order chi connectivity index (χ0) is 14.8. The van der Waals surface area contributed by atoms with Gasteiger partial charge in [-0.25, -0.2) is 9.38 Å². The van der Waals surface area contributed by atoms with Crippen LogP contribution in [0, 0.1) is 5.82 Å². The van der Waals surface area contributed by atoms with E-state index in [1.54, 1.807) is 6.07 Å². The summed E-state index contributed by atoms with van der Waals surface area (Å²) in [6.07, 6.45) is 0. The van der Waals surface area contributed by atoms with Gasteiger partial charge in [0.1, 0.15) is 0 Å². The molecule has 0 unspecified atom stereocenters. The van der Waals surface area contributed by atoms with Crippen molar-refractivity contribution in [1.82, 2.24) is 10.6 Å². The maximum Gasteiger partial charge on any atom is 0.191 e. The van der Waals surface area contributed by atoms with Gasteiger partial charge in [-0.15, -0.1) is 24.0 Å². The van der Waals surface area contributed by atoms with Gasteiger partial charge in [-0.05, 0) is 31.5 Å². The Morgan fingerprint density at radius 3 is 2.71 bits per heavy atom. The standard InChI is InChI=1S/C14H22FN3O2.HI/c1-3-16-14(17-7-8-20-4-2)18-10-11-5-6-13(19)12(15)9-11;/h5-6,9,19H,3-4,7-8,10H2,1-2H3,(H2,16,17,18);1H. The maximum absolute atomic E-state index is 13.2. The van der Waals surface area contributed by atoms with Crippen molar-refractivity contribution in [3.8, 4) is 5.75 Å². The summed E-state index contributed by atoms with van der Waals surface area (Å²) in [6.45, 7) is 6.94. The van der Waals surface area contributed by atoms with Crippen LogP contribution < -0.4 is 10.6 Å². The Labute approximate surface area is 142 Å². The summed E-state index contributed by atoms with van der Waals surface area (Å²) in [4.78, 5) is 4.34. The normalized spacial score (nSPS) is 10.9. The summed E-state index contributed by atoms with van der Waals surface area (Å²) in [6, 6.07) is 4.25. The molecule has 0 aliphatic rings. The quantitative estimate of drug-likeness (QED) is 0.279. The number of halogens is 2. The van der Waals surface area contributed by atoms with E-state index in [9.17, 15) is 4.39 Å². The number of ether oxygens (including phenoxy) is 1. The molecule has 3 N–H and O–H groups in total. The van der Waals surface area contributed by atoms with Gasteiger partial charge in [0, 0.05) is 19.7 Å². The van der Waals surface area contributed by atoms with Crippen molar-refractivity contribution in [3.63, 3.8) is 0 Å². The number of aliphatic imine (C=N–C) groups is 1. The molecule has 0 saturated heterocycles. The lowest BCUT2D eigenvalue weighted by Crippen LogP contribution is -2.39. The van der Waals surface area contributed by atoms with Crippen LogP contribution in [0.25, 0.3) is 0 Å². The van der Waals surface area contributed by atoms with Gasteiger partial charge in [0.25, 0.3) is 0 Å². The zero-order valence-corrected chi connectivity index (χ0v) is 14.7. The Hall–Kier alpha value is -1.09. The summed E-state index contributed by atoms with van der Waals surface area (Å²) < 4.78 is 18.4. The molecule has 120 valence electrons. The van der Waals surface area contributed by atoms with Crippen molar-refractivity contribution in [2.24, 2.45) is 4.99 Å². The smallest absolute Gasteiger partial charge is 0.191 e. The summed E-state index contributed by atoms with van der Waals surface area (Å²) in [7, 11) is 0. The van der Waals surface area contributed by atoms with Crippen LogP contribution in [0.15, 0.2) is 23.2 Å². The number of rotatable bonds is 7. The average Bonchev–Trinajstić information content (AvgIpc) is 2.44. The van der Waals surface area contributed by atoms with Gasteiger partial charge in [-0.3, -0.25) is 0 Å². The lowest BCUT2D eigenvalue weighted by Gasteiger charge is -2.11. The fourth-order valence-electron chi connectivity index (χ4n) is 1.55. The highest BCUT2D eigenvalue weighted by Crippen LogP contribution is 2.16. The molecular formula is C14H23FIN3O2. The minimum absolute atomic E-state index is 0. The van der Waals surface area contributed by atoms with E-state index in [2.05, 4.69) is 15.6 Å². The number of phenolic OH excluding ortho intramolecular Hbond substituents is 1. The molecule has 0 aromatic heterocycles. The molecular weight excluding hydrogens is 388 g/mol. The SMILES string of the molecule is CCNC(=NCc1ccc(O)c(F)c1)NCCOCC.I. The second-order valence-electron chi connectivity index (χ2n) is 4.10. The number of hydrogen-bond donors (Lipinski definition) is 3. The van der Waals surface area contributed by atoms with E-state index < -0.39 is 5.82 Å². The van der Waals surface area contributed by atoms with Crippen LogP contribution in [0.5, 0.6) is 5.75 Å². The second-order valence-corrected chi connectivity index (χ2v) is 4.10. The van der Waals surface area contributed by atoms with E-state index in [1.807, 2.05) is 13.8 Å². The van der Waals surface area contributed by atoms with Gasteiger partial charge >= 0.3 is 0 Å². The molecule has 1 aromatic rings. The van der Waals surface area contributed by atoms with Gasteiger partial charge in [0.2, 0.25) is 0 Å². The molecule has 0 heterocycles. The Kier molecular flexibility index (Phi) is 11.0. The van der Waals surface area contributed by atoms with Crippen LogP contribution in [0.1, 0.15) is 19.4 Å². The van der Waals surface area contributed by atoms with Crippen molar-refractivity contribution in [1.29, 1.82) is 0 Å². The topological polar surface area (TPSA) is 65.9 Å². The van der Waals surface area contributed by atoms with Gasteiger partial charge in [0.15, 0.2) is 17.5 Å². The molecule has 7 heteroatoms. The first-order chi connectivity index (χ1) is 9.67. The molecule has 5 nitrogen and oxygen atoms in total. The van der Waals surface area contributed by atoms with Crippen LogP contribution in [0.4, 0.5) is 4.39 Å². The molecule has 0 aliphatic carbocycles. The minimum Gasteiger partial charge on any atom is -0.505 e. The predicted molar refractivity (Wildman–Crippen MR) is 92.8 cm³/mol. The molecule has 0 fully saturated rings. The Morgan fingerprint density at radius 1 is 1.33 bits per heavy atom. The van der Waals surface area contributed by atoms with Crippen LogP contribution in [-0.4, -0.2) is 37.4 Å². The highest BCUT2D eigenvalue weighted by Gasteiger charge is 2.02. The maximum atomic E-state index is 13.2. The first-order valence-corrected chi connectivity index (χ1v) is 6.74. The van der Waals surface area contributed by atoms with Crippen molar-refractivity contribution >= 4 is 29.9 Å². The van der Waals surface area contributed by atoms with Gasteiger partial charge in [0.05, 0.1) is 13.2 Å². The van der Waals surface area contributed by atoms with Crippen LogP contribution >= 0.6 is 24.0 Å². The highest BCUT2D eigenvalue weighted by atomic mass is 127. The van der Waals surface area contributed by atoms with E-state index >= 15 is 0 Å². The molecule has 0 atom stereocenters. The molecule has 0 saturated carbocycles. The molecule has 0 bridgehead atoms. The van der Waals surface area contributed by atoms with E-state index in [1.165, 1.54) is 12.1 Å². The summed E-state index contributed by atoms with van der Waals surface area (Å²) in [5, 5.41) is 15.3. The summed E-state index contributed by atoms with van der Waals surface area (Å²) in [5.41, 5.74) is 0.697. The largest absolute Gasteiger partial charge is 0.505 e. The molecule has 0 amide bonds. The molecule has 0 spiro atoms. The summed E-state index contributed by atoms with van der Waals surface area (Å²) >= 11 is 0. The molecule has 1 aromatic carbocycles. The lowest BCUT2D eigenvalue weighted by atomic mass is 10.2. The summed E-state index contributed by atoms with van der Waals surface area (Å²) in [5.74, 6) is -0.327.